The van der Waals surface area contributed by atoms with Crippen LogP contribution in [0, 0.1) is 17.0 Å². The number of thiophene rings is 1. The van der Waals surface area contributed by atoms with Crippen LogP contribution in [0.3, 0.4) is 0 Å². The maximum atomic E-state index is 10.9. The molecule has 4 nitrogen and oxygen atoms in total. The average molecular weight is 276 g/mol. The lowest BCUT2D eigenvalue weighted by Gasteiger charge is -2.05. The van der Waals surface area contributed by atoms with Gasteiger partial charge in [-0.3, -0.25) is 10.1 Å². The first-order chi connectivity index (χ1) is 9.18. The van der Waals surface area contributed by atoms with Gasteiger partial charge in [0.05, 0.1) is 4.92 Å². The van der Waals surface area contributed by atoms with Crippen molar-refractivity contribution in [3.05, 3.63) is 61.8 Å². The van der Waals surface area contributed by atoms with Gasteiger partial charge in [-0.15, -0.1) is 11.3 Å². The largest absolute Gasteiger partial charge is 0.312 e. The van der Waals surface area contributed by atoms with Gasteiger partial charge in [0, 0.05) is 23.1 Å². The molecule has 1 heterocycles. The number of nitrogens with zero attached hydrogens (tertiary/aromatic N) is 1. The van der Waals surface area contributed by atoms with Crippen LogP contribution < -0.4 is 5.32 Å². The molecule has 100 valence electrons. The Balaban J connectivity index is 1.86. The zero-order chi connectivity index (χ0) is 13.7. The molecule has 0 radical (unpaired) electrons. The third-order valence-corrected chi connectivity index (χ3v) is 4.04. The fraction of sp³-hybridized carbons (Fsp3) is 0.286. The minimum atomic E-state index is -0.321. The lowest BCUT2D eigenvalue weighted by molar-refractivity contribution is -0.385. The number of nitrogens with one attached hydrogen (secondary N) is 1. The molecule has 5 heteroatoms. The van der Waals surface area contributed by atoms with Crippen molar-refractivity contribution < 1.29 is 4.92 Å². The van der Waals surface area contributed by atoms with E-state index in [4.69, 9.17) is 0 Å². The lowest BCUT2D eigenvalue weighted by Crippen LogP contribution is -2.16. The van der Waals surface area contributed by atoms with Crippen LogP contribution in [0.2, 0.25) is 0 Å². The van der Waals surface area contributed by atoms with Gasteiger partial charge in [0.25, 0.3) is 5.69 Å². The molecule has 0 aliphatic rings. The molecule has 19 heavy (non-hydrogen) atoms. The fourth-order valence-electron chi connectivity index (χ4n) is 1.91. The lowest BCUT2D eigenvalue weighted by atomic mass is 10.1. The Morgan fingerprint density at radius 2 is 2.11 bits per heavy atom. The van der Waals surface area contributed by atoms with Crippen LogP contribution >= 0.6 is 11.3 Å². The highest BCUT2D eigenvalue weighted by molar-refractivity contribution is 7.10. The van der Waals surface area contributed by atoms with Crippen LogP contribution in [0.15, 0.2) is 35.7 Å². The molecule has 1 aromatic carbocycles. The molecule has 0 spiro atoms. The van der Waals surface area contributed by atoms with Gasteiger partial charge < -0.3 is 5.32 Å². The maximum Gasteiger partial charge on any atom is 0.272 e. The van der Waals surface area contributed by atoms with Gasteiger partial charge in [-0.1, -0.05) is 18.2 Å². The van der Waals surface area contributed by atoms with Crippen molar-refractivity contribution in [3.63, 3.8) is 0 Å². The van der Waals surface area contributed by atoms with Crippen LogP contribution in [0.1, 0.15) is 16.0 Å². The minimum Gasteiger partial charge on any atom is -0.312 e. The van der Waals surface area contributed by atoms with E-state index in [9.17, 15) is 10.1 Å². The molecule has 2 rings (SSSR count). The molecule has 2 aromatic rings. The molecule has 0 amide bonds. The number of nitro groups is 1. The van der Waals surface area contributed by atoms with Crippen LogP contribution in [-0.2, 0) is 13.0 Å². The highest BCUT2D eigenvalue weighted by Gasteiger charge is 2.11. The number of rotatable bonds is 6. The zero-order valence-corrected chi connectivity index (χ0v) is 11.6. The van der Waals surface area contributed by atoms with Crippen molar-refractivity contribution in [1.82, 2.24) is 5.32 Å². The summed E-state index contributed by atoms with van der Waals surface area (Å²) in [5, 5.41) is 16.3. The molecule has 0 bridgehead atoms. The summed E-state index contributed by atoms with van der Waals surface area (Å²) < 4.78 is 0. The van der Waals surface area contributed by atoms with E-state index < -0.39 is 0 Å². The highest BCUT2D eigenvalue weighted by atomic mass is 32.1. The number of hydrogen-bond acceptors (Lipinski definition) is 4. The van der Waals surface area contributed by atoms with Crippen molar-refractivity contribution in [2.45, 2.75) is 19.9 Å². The van der Waals surface area contributed by atoms with E-state index in [1.165, 1.54) is 10.4 Å². The zero-order valence-electron chi connectivity index (χ0n) is 10.8. The molecular formula is C14H16N2O2S. The van der Waals surface area contributed by atoms with E-state index in [0.29, 0.717) is 6.42 Å². The summed E-state index contributed by atoms with van der Waals surface area (Å²) in [5.41, 5.74) is 2.28. The molecule has 0 fully saturated rings. The molecule has 0 saturated carbocycles. The van der Waals surface area contributed by atoms with E-state index in [-0.39, 0.29) is 10.6 Å². The molecule has 0 aliphatic heterocycles. The van der Waals surface area contributed by atoms with Gasteiger partial charge in [0.1, 0.15) is 0 Å². The predicted octanol–water partition coefficient (Wildman–Crippen LogP) is 3.30. The first-order valence-electron chi connectivity index (χ1n) is 6.14. The van der Waals surface area contributed by atoms with Gasteiger partial charge in [-0.05, 0) is 36.9 Å². The second-order valence-electron chi connectivity index (χ2n) is 4.34. The van der Waals surface area contributed by atoms with Crippen LogP contribution in [0.5, 0.6) is 0 Å². The van der Waals surface area contributed by atoms with E-state index in [2.05, 4.69) is 23.7 Å². The average Bonchev–Trinajstić information content (AvgIpc) is 2.80. The van der Waals surface area contributed by atoms with E-state index in [1.807, 2.05) is 12.1 Å². The van der Waals surface area contributed by atoms with Crippen LogP contribution in [0.25, 0.3) is 0 Å². The summed E-state index contributed by atoms with van der Waals surface area (Å²) in [6.45, 7) is 3.65. The number of para-hydroxylation sites is 1. The van der Waals surface area contributed by atoms with Crippen molar-refractivity contribution in [3.8, 4) is 0 Å². The number of hydrogen-bond donors (Lipinski definition) is 1. The molecule has 0 aliphatic carbocycles. The van der Waals surface area contributed by atoms with Crippen molar-refractivity contribution in [2.75, 3.05) is 6.54 Å². The second kappa shape index (κ2) is 6.45. The van der Waals surface area contributed by atoms with Crippen molar-refractivity contribution in [1.29, 1.82) is 0 Å². The quantitative estimate of drug-likeness (QED) is 0.500. The van der Waals surface area contributed by atoms with Gasteiger partial charge >= 0.3 is 0 Å². The van der Waals surface area contributed by atoms with Crippen molar-refractivity contribution in [2.24, 2.45) is 0 Å². The van der Waals surface area contributed by atoms with Gasteiger partial charge in [0.15, 0.2) is 0 Å². The molecule has 0 saturated heterocycles. The Morgan fingerprint density at radius 1 is 1.32 bits per heavy atom. The fourth-order valence-corrected chi connectivity index (χ4v) is 2.79. The summed E-state index contributed by atoms with van der Waals surface area (Å²) >= 11 is 1.73. The Kier molecular flexibility index (Phi) is 4.65. The summed E-state index contributed by atoms with van der Waals surface area (Å²) in [5.74, 6) is 0. The van der Waals surface area contributed by atoms with E-state index in [0.717, 1.165) is 18.7 Å². The third-order valence-electron chi connectivity index (χ3n) is 3.01. The summed E-state index contributed by atoms with van der Waals surface area (Å²) in [4.78, 5) is 11.9. The van der Waals surface area contributed by atoms with Crippen molar-refractivity contribution >= 4 is 17.0 Å². The Labute approximate surface area is 116 Å². The molecular weight excluding hydrogens is 260 g/mol. The van der Waals surface area contributed by atoms with Crippen LogP contribution in [-0.4, -0.2) is 11.5 Å². The topological polar surface area (TPSA) is 55.2 Å². The summed E-state index contributed by atoms with van der Waals surface area (Å²) in [6, 6.07) is 9.01. The summed E-state index contributed by atoms with van der Waals surface area (Å²) in [6.07, 6.45) is 0.668. The third kappa shape index (κ3) is 3.62. The molecule has 0 unspecified atom stereocenters. The normalized spacial score (nSPS) is 10.6. The summed E-state index contributed by atoms with van der Waals surface area (Å²) in [7, 11) is 0. The SMILES string of the molecule is Cc1ccsc1CNCCc1ccccc1[N+](=O)[O-]. The van der Waals surface area contributed by atoms with Gasteiger partial charge in [0.2, 0.25) is 0 Å². The smallest absolute Gasteiger partial charge is 0.272 e. The second-order valence-corrected chi connectivity index (χ2v) is 5.34. The van der Waals surface area contributed by atoms with Gasteiger partial charge in [-0.2, -0.15) is 0 Å². The van der Waals surface area contributed by atoms with Gasteiger partial charge in [-0.25, -0.2) is 0 Å². The maximum absolute atomic E-state index is 10.9. The Bertz CT molecular complexity index is 566. The van der Waals surface area contributed by atoms with E-state index in [1.54, 1.807) is 23.5 Å². The van der Waals surface area contributed by atoms with E-state index >= 15 is 0 Å². The first kappa shape index (κ1) is 13.7. The number of aryl methyl sites for hydroxylation is 1. The highest BCUT2D eigenvalue weighted by Crippen LogP contribution is 2.18. The molecule has 0 atom stereocenters. The monoisotopic (exact) mass is 276 g/mol. The molecule has 1 N–H and O–H groups in total. The number of nitro benzene ring substituents is 1. The van der Waals surface area contributed by atoms with Crippen LogP contribution in [0.4, 0.5) is 5.69 Å². The number of benzene rings is 1. The predicted molar refractivity (Wildman–Crippen MR) is 77.6 cm³/mol. The Hall–Kier alpha value is -1.72. The standard InChI is InChI=1S/C14H16N2O2S/c1-11-7-9-19-14(11)10-15-8-6-12-4-2-3-5-13(12)16(17)18/h2-5,7,9,15H,6,8,10H2,1H3. The minimum absolute atomic E-state index is 0.205. The first-order valence-corrected chi connectivity index (χ1v) is 7.02. The Morgan fingerprint density at radius 3 is 2.79 bits per heavy atom. The molecule has 1 aromatic heterocycles.